The predicted octanol–water partition coefficient (Wildman–Crippen LogP) is 4.13. The van der Waals surface area contributed by atoms with Crippen LogP contribution in [0.15, 0.2) is 59.5 Å². The highest BCUT2D eigenvalue weighted by Gasteiger charge is 2.34. The fraction of sp³-hybridized carbons (Fsp3) is 0.409. The number of ether oxygens (including phenoxy) is 1. The highest BCUT2D eigenvalue weighted by Crippen LogP contribution is 2.26. The quantitative estimate of drug-likeness (QED) is 0.652. The first-order valence-electron chi connectivity index (χ1n) is 9.40. The monoisotopic (exact) mass is 403 g/mol. The molecular weight excluding hydrogens is 374 g/mol. The van der Waals surface area contributed by atoms with Crippen LogP contribution in [0, 0.1) is 0 Å². The topological polar surface area (TPSA) is 63.7 Å². The smallest absolute Gasteiger partial charge is 0.324 e. The molecule has 2 rings (SSSR count). The Kier molecular flexibility index (Phi) is 7.01. The van der Waals surface area contributed by atoms with Crippen LogP contribution in [-0.4, -0.2) is 31.3 Å². The van der Waals surface area contributed by atoms with Gasteiger partial charge < -0.3 is 4.74 Å². The third-order valence-corrected chi connectivity index (χ3v) is 6.50. The molecule has 1 atom stereocenters. The van der Waals surface area contributed by atoms with E-state index in [1.165, 1.54) is 4.31 Å². The lowest BCUT2D eigenvalue weighted by Crippen LogP contribution is -2.43. The van der Waals surface area contributed by atoms with Gasteiger partial charge in [-0.1, -0.05) is 63.2 Å². The molecule has 0 spiro atoms. The second kappa shape index (κ2) is 8.88. The summed E-state index contributed by atoms with van der Waals surface area (Å²) in [6, 6.07) is 15.1. The summed E-state index contributed by atoms with van der Waals surface area (Å²) in [5, 5.41) is 0. The Balaban J connectivity index is 2.43. The van der Waals surface area contributed by atoms with Crippen LogP contribution in [0.1, 0.15) is 45.7 Å². The van der Waals surface area contributed by atoms with E-state index in [-0.39, 0.29) is 23.5 Å². The number of carbonyl (C=O) groups excluding carboxylic acids is 1. The molecule has 0 amide bonds. The SMILES string of the molecule is CCOC(=O)C(C)N(Cc1ccccc1)S(=O)(=O)c1ccc(C(C)(C)C)cc1. The van der Waals surface area contributed by atoms with Gasteiger partial charge in [0.25, 0.3) is 0 Å². The van der Waals surface area contributed by atoms with Gasteiger partial charge >= 0.3 is 5.97 Å². The Morgan fingerprint density at radius 3 is 2.11 bits per heavy atom. The molecule has 0 aliphatic rings. The average molecular weight is 404 g/mol. The molecule has 0 N–H and O–H groups in total. The number of carbonyl (C=O) groups is 1. The molecule has 6 heteroatoms. The zero-order valence-corrected chi connectivity index (χ0v) is 18.0. The molecule has 0 fully saturated rings. The maximum Gasteiger partial charge on any atom is 0.324 e. The lowest BCUT2D eigenvalue weighted by Gasteiger charge is -2.27. The molecule has 0 aromatic heterocycles. The summed E-state index contributed by atoms with van der Waals surface area (Å²) in [4.78, 5) is 12.5. The number of esters is 1. The largest absolute Gasteiger partial charge is 0.465 e. The molecule has 0 heterocycles. The van der Waals surface area contributed by atoms with Gasteiger partial charge in [0.05, 0.1) is 11.5 Å². The van der Waals surface area contributed by atoms with Crippen LogP contribution < -0.4 is 0 Å². The number of rotatable bonds is 7. The minimum absolute atomic E-state index is 0.0791. The van der Waals surface area contributed by atoms with Crippen molar-refractivity contribution in [3.8, 4) is 0 Å². The first-order valence-corrected chi connectivity index (χ1v) is 10.8. The second-order valence-electron chi connectivity index (χ2n) is 7.74. The summed E-state index contributed by atoms with van der Waals surface area (Å²) in [6.07, 6.45) is 0. The summed E-state index contributed by atoms with van der Waals surface area (Å²) >= 11 is 0. The van der Waals surface area contributed by atoms with Crippen molar-refractivity contribution < 1.29 is 17.9 Å². The van der Waals surface area contributed by atoms with E-state index in [1.807, 2.05) is 42.5 Å². The van der Waals surface area contributed by atoms with Crippen molar-refractivity contribution >= 4 is 16.0 Å². The molecule has 0 saturated heterocycles. The molecule has 2 aromatic carbocycles. The van der Waals surface area contributed by atoms with E-state index in [0.717, 1.165) is 11.1 Å². The van der Waals surface area contributed by atoms with E-state index < -0.39 is 22.0 Å². The third-order valence-electron chi connectivity index (χ3n) is 4.57. The summed E-state index contributed by atoms with van der Waals surface area (Å²) in [7, 11) is -3.89. The van der Waals surface area contributed by atoms with Crippen molar-refractivity contribution in [2.24, 2.45) is 0 Å². The van der Waals surface area contributed by atoms with Crippen LogP contribution in [0.4, 0.5) is 0 Å². The zero-order valence-electron chi connectivity index (χ0n) is 17.2. The second-order valence-corrected chi connectivity index (χ2v) is 9.63. The fourth-order valence-corrected chi connectivity index (χ4v) is 4.41. The molecule has 28 heavy (non-hydrogen) atoms. The molecule has 0 bridgehead atoms. The van der Waals surface area contributed by atoms with Crippen LogP contribution in [-0.2, 0) is 31.5 Å². The standard InChI is InChI=1S/C22H29NO4S/c1-6-27-21(24)17(2)23(16-18-10-8-7-9-11-18)28(25,26)20-14-12-19(13-15-20)22(3,4)5/h7-15,17H,6,16H2,1-5H3. The highest BCUT2D eigenvalue weighted by molar-refractivity contribution is 7.89. The van der Waals surface area contributed by atoms with Gasteiger partial charge in [-0.05, 0) is 42.5 Å². The van der Waals surface area contributed by atoms with Crippen LogP contribution in [0.5, 0.6) is 0 Å². The van der Waals surface area contributed by atoms with Crippen molar-refractivity contribution in [3.63, 3.8) is 0 Å². The number of hydrogen-bond donors (Lipinski definition) is 0. The molecular formula is C22H29NO4S. The number of benzene rings is 2. The molecule has 0 aliphatic heterocycles. The van der Waals surface area contributed by atoms with Crippen molar-refractivity contribution in [2.45, 2.75) is 57.5 Å². The number of hydrogen-bond acceptors (Lipinski definition) is 4. The van der Waals surface area contributed by atoms with Crippen LogP contribution in [0.3, 0.4) is 0 Å². The van der Waals surface area contributed by atoms with E-state index in [9.17, 15) is 13.2 Å². The Bertz CT molecular complexity index is 884. The Hall–Kier alpha value is -2.18. The fourth-order valence-electron chi connectivity index (χ4n) is 2.84. The average Bonchev–Trinajstić information content (AvgIpc) is 2.66. The van der Waals surface area contributed by atoms with Gasteiger partial charge in [-0.25, -0.2) is 8.42 Å². The van der Waals surface area contributed by atoms with Crippen molar-refractivity contribution in [2.75, 3.05) is 6.61 Å². The molecule has 0 aliphatic carbocycles. The molecule has 2 aromatic rings. The summed E-state index contributed by atoms with van der Waals surface area (Å²) < 4.78 is 33.0. The molecule has 5 nitrogen and oxygen atoms in total. The molecule has 0 saturated carbocycles. The van der Waals surface area contributed by atoms with Gasteiger partial charge in [-0.15, -0.1) is 0 Å². The van der Waals surface area contributed by atoms with Gasteiger partial charge in [-0.2, -0.15) is 4.31 Å². The third kappa shape index (κ3) is 5.20. The van der Waals surface area contributed by atoms with E-state index >= 15 is 0 Å². The summed E-state index contributed by atoms with van der Waals surface area (Å²) in [6.45, 7) is 9.75. The zero-order chi connectivity index (χ0) is 20.9. The highest BCUT2D eigenvalue weighted by atomic mass is 32.2. The lowest BCUT2D eigenvalue weighted by atomic mass is 9.87. The van der Waals surface area contributed by atoms with Gasteiger partial charge in [0, 0.05) is 6.54 Å². The van der Waals surface area contributed by atoms with Gasteiger partial charge in [-0.3, -0.25) is 4.79 Å². The maximum absolute atomic E-state index is 13.4. The number of sulfonamides is 1. The first kappa shape index (κ1) is 22.1. The lowest BCUT2D eigenvalue weighted by molar-refractivity contribution is -0.147. The van der Waals surface area contributed by atoms with Gasteiger partial charge in [0.15, 0.2) is 0 Å². The molecule has 152 valence electrons. The Labute approximate surface area is 168 Å². The van der Waals surface area contributed by atoms with Crippen LogP contribution in [0.2, 0.25) is 0 Å². The predicted molar refractivity (Wildman–Crippen MR) is 110 cm³/mol. The minimum Gasteiger partial charge on any atom is -0.465 e. The van der Waals surface area contributed by atoms with E-state index in [1.54, 1.807) is 26.0 Å². The summed E-state index contributed by atoms with van der Waals surface area (Å²) in [5.41, 5.74) is 1.76. The van der Waals surface area contributed by atoms with Crippen molar-refractivity contribution in [3.05, 3.63) is 65.7 Å². The molecule has 0 radical (unpaired) electrons. The normalized spacial score (nSPS) is 13.4. The maximum atomic E-state index is 13.4. The summed E-state index contributed by atoms with van der Waals surface area (Å²) in [5.74, 6) is -0.562. The van der Waals surface area contributed by atoms with Crippen LogP contribution >= 0.6 is 0 Å². The molecule has 1 unspecified atom stereocenters. The van der Waals surface area contributed by atoms with Gasteiger partial charge in [0.2, 0.25) is 10.0 Å². The Morgan fingerprint density at radius 1 is 1.04 bits per heavy atom. The van der Waals surface area contributed by atoms with E-state index in [0.29, 0.717) is 0 Å². The first-order chi connectivity index (χ1) is 13.1. The Morgan fingerprint density at radius 2 is 1.61 bits per heavy atom. The van der Waals surface area contributed by atoms with Crippen molar-refractivity contribution in [1.29, 1.82) is 0 Å². The van der Waals surface area contributed by atoms with Crippen LogP contribution in [0.25, 0.3) is 0 Å². The van der Waals surface area contributed by atoms with E-state index in [2.05, 4.69) is 20.8 Å². The number of nitrogens with zero attached hydrogens (tertiary/aromatic N) is 1. The minimum atomic E-state index is -3.89. The van der Waals surface area contributed by atoms with Gasteiger partial charge in [0.1, 0.15) is 6.04 Å². The van der Waals surface area contributed by atoms with Crippen molar-refractivity contribution in [1.82, 2.24) is 4.31 Å². The van der Waals surface area contributed by atoms with E-state index in [4.69, 9.17) is 4.74 Å².